The second kappa shape index (κ2) is 7.17. The number of carboxylic acids is 1. The molecule has 0 fully saturated rings. The highest BCUT2D eigenvalue weighted by atomic mass is 16.4. The second-order valence-electron chi connectivity index (χ2n) is 5.93. The van der Waals surface area contributed by atoms with Crippen LogP contribution in [0.1, 0.15) is 56.0 Å². The van der Waals surface area contributed by atoms with Crippen molar-refractivity contribution in [1.82, 2.24) is 0 Å². The van der Waals surface area contributed by atoms with Crippen molar-refractivity contribution in [1.29, 1.82) is 0 Å². The Morgan fingerprint density at radius 2 is 1.95 bits per heavy atom. The van der Waals surface area contributed by atoms with E-state index < -0.39 is 5.97 Å². The molecule has 1 unspecified atom stereocenters. The lowest BCUT2D eigenvalue weighted by Gasteiger charge is -2.17. The summed E-state index contributed by atoms with van der Waals surface area (Å²) in [5.74, 6) is -0.263. The molecule has 4 N–H and O–H groups in total. The number of aryl methyl sites for hydroxylation is 1. The number of hydrogen-bond acceptors (Lipinski definition) is 3. The predicted molar refractivity (Wildman–Crippen MR) is 84.3 cm³/mol. The number of hydrogen-bond donors (Lipinski definition) is 3. The van der Waals surface area contributed by atoms with Crippen molar-refractivity contribution in [2.75, 3.05) is 11.1 Å². The number of carbonyl (C=O) groups is 1. The third-order valence-corrected chi connectivity index (χ3v) is 3.45. The topological polar surface area (TPSA) is 75.3 Å². The highest BCUT2D eigenvalue weighted by Crippen LogP contribution is 2.24. The van der Waals surface area contributed by atoms with Gasteiger partial charge in [0.05, 0.1) is 5.56 Å². The van der Waals surface area contributed by atoms with Crippen molar-refractivity contribution >= 4 is 17.3 Å². The molecule has 0 amide bonds. The molecule has 1 aromatic rings. The lowest BCUT2D eigenvalue weighted by Crippen LogP contribution is -2.16. The molecule has 0 aliphatic heterocycles. The van der Waals surface area contributed by atoms with Crippen LogP contribution in [0.4, 0.5) is 11.4 Å². The van der Waals surface area contributed by atoms with Gasteiger partial charge in [0.25, 0.3) is 0 Å². The number of nitrogens with one attached hydrogen (secondary N) is 1. The van der Waals surface area contributed by atoms with E-state index in [2.05, 4.69) is 26.1 Å². The Hall–Kier alpha value is -1.71. The summed E-state index contributed by atoms with van der Waals surface area (Å²) < 4.78 is 0. The van der Waals surface area contributed by atoms with Crippen molar-refractivity contribution in [3.8, 4) is 0 Å². The van der Waals surface area contributed by atoms with Crippen LogP contribution in [0.2, 0.25) is 0 Å². The lowest BCUT2D eigenvalue weighted by atomic mass is 10.0. The van der Waals surface area contributed by atoms with Crippen molar-refractivity contribution in [2.45, 2.75) is 53.0 Å². The minimum Gasteiger partial charge on any atom is -0.478 e. The summed E-state index contributed by atoms with van der Waals surface area (Å²) in [5, 5.41) is 12.5. The molecule has 1 aromatic carbocycles. The zero-order chi connectivity index (χ0) is 15.3. The predicted octanol–water partition coefficient (Wildman–Crippen LogP) is 3.90. The minimum absolute atomic E-state index is 0.168. The Balaban J connectivity index is 2.70. The Labute approximate surface area is 121 Å². The van der Waals surface area contributed by atoms with Gasteiger partial charge in [0.1, 0.15) is 0 Å². The molecular formula is C16H26N2O2. The first-order valence-electron chi connectivity index (χ1n) is 7.21. The number of anilines is 2. The van der Waals surface area contributed by atoms with E-state index in [4.69, 9.17) is 10.8 Å². The molecule has 0 aromatic heterocycles. The Morgan fingerprint density at radius 3 is 2.50 bits per heavy atom. The van der Waals surface area contributed by atoms with Gasteiger partial charge in [0, 0.05) is 17.4 Å². The van der Waals surface area contributed by atoms with Crippen LogP contribution < -0.4 is 11.1 Å². The van der Waals surface area contributed by atoms with Crippen LogP contribution in [-0.4, -0.2) is 17.1 Å². The summed E-state index contributed by atoms with van der Waals surface area (Å²) in [6.45, 7) is 8.39. The molecule has 0 bridgehead atoms. The molecule has 0 spiro atoms. The van der Waals surface area contributed by atoms with Gasteiger partial charge >= 0.3 is 5.97 Å². The normalized spacial score (nSPS) is 12.4. The highest BCUT2D eigenvalue weighted by molar-refractivity contribution is 5.95. The number of carboxylic acid groups (broad SMARTS) is 1. The van der Waals surface area contributed by atoms with Crippen LogP contribution in [0, 0.1) is 12.8 Å². The van der Waals surface area contributed by atoms with Gasteiger partial charge in [-0.3, -0.25) is 0 Å². The van der Waals surface area contributed by atoms with Crippen LogP contribution in [0.15, 0.2) is 12.1 Å². The first-order valence-corrected chi connectivity index (χ1v) is 7.21. The van der Waals surface area contributed by atoms with Gasteiger partial charge in [-0.15, -0.1) is 0 Å². The molecule has 0 heterocycles. The summed E-state index contributed by atoms with van der Waals surface area (Å²) in [5.41, 5.74) is 7.92. The number of rotatable bonds is 7. The van der Waals surface area contributed by atoms with E-state index in [-0.39, 0.29) is 5.56 Å². The fraction of sp³-hybridized carbons (Fsp3) is 0.562. The average molecular weight is 278 g/mol. The quantitative estimate of drug-likeness (QED) is 0.661. The maximum absolute atomic E-state index is 11.2. The number of nitrogens with two attached hydrogens (primary N) is 1. The van der Waals surface area contributed by atoms with Gasteiger partial charge in [0.2, 0.25) is 0 Å². The SMILES string of the molecule is Cc1cc(NC(C)CCCC(C)C)cc(C(=O)O)c1N. The van der Waals surface area contributed by atoms with Crippen LogP contribution in [-0.2, 0) is 0 Å². The highest BCUT2D eigenvalue weighted by Gasteiger charge is 2.12. The summed E-state index contributed by atoms with van der Waals surface area (Å²) in [6, 6.07) is 3.84. The Kier molecular flexibility index (Phi) is 5.86. The molecule has 4 heteroatoms. The molecule has 0 saturated heterocycles. The first kappa shape index (κ1) is 16.3. The van der Waals surface area contributed by atoms with E-state index in [1.54, 1.807) is 6.07 Å². The molecule has 0 aliphatic carbocycles. The third kappa shape index (κ3) is 4.76. The van der Waals surface area contributed by atoms with Gasteiger partial charge in [0.15, 0.2) is 0 Å². The average Bonchev–Trinajstić information content (AvgIpc) is 2.32. The molecular weight excluding hydrogens is 252 g/mol. The summed E-state index contributed by atoms with van der Waals surface area (Å²) >= 11 is 0. The smallest absolute Gasteiger partial charge is 0.337 e. The van der Waals surface area contributed by atoms with E-state index in [1.807, 2.05) is 13.0 Å². The van der Waals surface area contributed by atoms with Crippen molar-refractivity contribution in [3.05, 3.63) is 23.3 Å². The van der Waals surface area contributed by atoms with E-state index in [0.717, 1.165) is 23.6 Å². The Bertz CT molecular complexity index is 470. The van der Waals surface area contributed by atoms with Gasteiger partial charge in [-0.1, -0.05) is 26.7 Å². The zero-order valence-corrected chi connectivity index (χ0v) is 12.9. The van der Waals surface area contributed by atoms with Gasteiger partial charge in [-0.2, -0.15) is 0 Å². The summed E-state index contributed by atoms with van der Waals surface area (Å²) in [6.07, 6.45) is 3.46. The summed E-state index contributed by atoms with van der Waals surface area (Å²) in [4.78, 5) is 11.2. The maximum Gasteiger partial charge on any atom is 0.337 e. The fourth-order valence-electron chi connectivity index (χ4n) is 2.25. The van der Waals surface area contributed by atoms with Gasteiger partial charge in [-0.05, 0) is 43.9 Å². The molecule has 4 nitrogen and oxygen atoms in total. The molecule has 112 valence electrons. The van der Waals surface area contributed by atoms with Crippen LogP contribution in [0.25, 0.3) is 0 Å². The molecule has 1 atom stereocenters. The lowest BCUT2D eigenvalue weighted by molar-refractivity contribution is 0.0698. The molecule has 0 aliphatic rings. The van der Waals surface area contributed by atoms with Crippen molar-refractivity contribution in [3.63, 3.8) is 0 Å². The van der Waals surface area contributed by atoms with Crippen molar-refractivity contribution in [2.24, 2.45) is 5.92 Å². The van der Waals surface area contributed by atoms with Gasteiger partial charge in [-0.25, -0.2) is 4.79 Å². The van der Waals surface area contributed by atoms with Crippen LogP contribution in [0.3, 0.4) is 0 Å². The number of benzene rings is 1. The van der Waals surface area contributed by atoms with E-state index in [1.165, 1.54) is 12.8 Å². The number of aromatic carboxylic acids is 1. The zero-order valence-electron chi connectivity index (χ0n) is 12.9. The monoisotopic (exact) mass is 278 g/mol. The molecule has 0 radical (unpaired) electrons. The van der Waals surface area contributed by atoms with Crippen LogP contribution in [0.5, 0.6) is 0 Å². The Morgan fingerprint density at radius 1 is 1.30 bits per heavy atom. The van der Waals surface area contributed by atoms with E-state index >= 15 is 0 Å². The minimum atomic E-state index is -0.985. The fourth-order valence-corrected chi connectivity index (χ4v) is 2.25. The van der Waals surface area contributed by atoms with Gasteiger partial charge < -0.3 is 16.2 Å². The summed E-state index contributed by atoms with van der Waals surface area (Å²) in [7, 11) is 0. The molecule has 0 saturated carbocycles. The largest absolute Gasteiger partial charge is 0.478 e. The van der Waals surface area contributed by atoms with E-state index in [9.17, 15) is 4.79 Å². The molecule has 1 rings (SSSR count). The van der Waals surface area contributed by atoms with Crippen LogP contribution >= 0.6 is 0 Å². The standard InChI is InChI=1S/C16H26N2O2/c1-10(2)6-5-7-12(4)18-13-8-11(3)15(17)14(9-13)16(19)20/h8-10,12,18H,5-7,17H2,1-4H3,(H,19,20). The maximum atomic E-state index is 11.2. The first-order chi connectivity index (χ1) is 9.31. The second-order valence-corrected chi connectivity index (χ2v) is 5.93. The van der Waals surface area contributed by atoms with Crippen molar-refractivity contribution < 1.29 is 9.90 Å². The number of nitrogen functional groups attached to an aromatic ring is 1. The molecule has 20 heavy (non-hydrogen) atoms. The van der Waals surface area contributed by atoms with E-state index in [0.29, 0.717) is 11.7 Å². The third-order valence-electron chi connectivity index (χ3n) is 3.45.